The molecule has 1 fully saturated rings. The molecule has 0 radical (unpaired) electrons. The number of carbonyl (C=O) groups excluding carboxylic acids is 2. The first-order valence-electron chi connectivity index (χ1n) is 12.5. The molecule has 1 aliphatic heterocycles. The quantitative estimate of drug-likeness (QED) is 0.381. The summed E-state index contributed by atoms with van der Waals surface area (Å²) in [4.78, 5) is 33.7. The van der Waals surface area contributed by atoms with Gasteiger partial charge in [0.15, 0.2) is 0 Å². The van der Waals surface area contributed by atoms with E-state index < -0.39 is 0 Å². The molecule has 7 nitrogen and oxygen atoms in total. The number of para-hydroxylation sites is 2. The van der Waals surface area contributed by atoms with Gasteiger partial charge in [-0.3, -0.25) is 4.79 Å². The molecule has 0 spiro atoms. The molecule has 9 heteroatoms. The van der Waals surface area contributed by atoms with Crippen LogP contribution in [0.4, 0.5) is 14.9 Å². The summed E-state index contributed by atoms with van der Waals surface area (Å²) in [6.07, 6.45) is 2.30. The standard InChI is InChI=1S/C28H33FN4O3S/c1-36-26-9-3-2-8-25(26)30-28(35)32(17-16-31-14-4-5-15-31)21-27(34)33(20-24-7-6-18-37-24)19-22-10-12-23(29)13-11-22/h2-3,6-13,18H,4-5,14-17,19-21H2,1H3,(H,30,35). The highest BCUT2D eigenvalue weighted by molar-refractivity contribution is 7.09. The van der Waals surface area contributed by atoms with E-state index in [1.807, 2.05) is 29.6 Å². The van der Waals surface area contributed by atoms with Crippen molar-refractivity contribution in [3.63, 3.8) is 0 Å². The van der Waals surface area contributed by atoms with Crippen LogP contribution in [0.15, 0.2) is 66.0 Å². The van der Waals surface area contributed by atoms with Gasteiger partial charge in [-0.1, -0.05) is 30.3 Å². The minimum Gasteiger partial charge on any atom is -0.495 e. The fourth-order valence-corrected chi connectivity index (χ4v) is 5.08. The summed E-state index contributed by atoms with van der Waals surface area (Å²) >= 11 is 1.57. The SMILES string of the molecule is COc1ccccc1NC(=O)N(CCN1CCCC1)CC(=O)N(Cc1ccc(F)cc1)Cc1cccs1. The molecule has 1 aromatic heterocycles. The van der Waals surface area contributed by atoms with E-state index in [9.17, 15) is 14.0 Å². The van der Waals surface area contributed by atoms with Gasteiger partial charge >= 0.3 is 6.03 Å². The monoisotopic (exact) mass is 524 g/mol. The van der Waals surface area contributed by atoms with Crippen LogP contribution in [0.3, 0.4) is 0 Å². The molecule has 0 unspecified atom stereocenters. The van der Waals surface area contributed by atoms with E-state index in [0.29, 0.717) is 37.6 Å². The molecule has 1 N–H and O–H groups in total. The minimum atomic E-state index is -0.352. The van der Waals surface area contributed by atoms with Crippen molar-refractivity contribution in [3.8, 4) is 5.75 Å². The van der Waals surface area contributed by atoms with E-state index in [2.05, 4.69) is 10.2 Å². The molecule has 0 atom stereocenters. The van der Waals surface area contributed by atoms with Gasteiger partial charge in [-0.2, -0.15) is 0 Å². The molecule has 2 aromatic carbocycles. The number of halogens is 1. The second kappa shape index (κ2) is 13.2. The smallest absolute Gasteiger partial charge is 0.322 e. The fourth-order valence-electron chi connectivity index (χ4n) is 4.36. The van der Waals surface area contributed by atoms with E-state index >= 15 is 0 Å². The van der Waals surface area contributed by atoms with E-state index in [-0.39, 0.29) is 24.3 Å². The van der Waals surface area contributed by atoms with Gasteiger partial charge in [0.05, 0.1) is 19.3 Å². The Morgan fingerprint density at radius 1 is 1.00 bits per heavy atom. The largest absolute Gasteiger partial charge is 0.495 e. The van der Waals surface area contributed by atoms with Gasteiger partial charge in [-0.05, 0) is 67.2 Å². The Kier molecular flexibility index (Phi) is 9.51. The molecule has 0 saturated carbocycles. The fraction of sp³-hybridized carbons (Fsp3) is 0.357. The van der Waals surface area contributed by atoms with Gasteiger partial charge in [0.1, 0.15) is 18.1 Å². The summed E-state index contributed by atoms with van der Waals surface area (Å²) in [5.41, 5.74) is 1.38. The van der Waals surface area contributed by atoms with Crippen molar-refractivity contribution >= 4 is 29.0 Å². The number of ether oxygens (including phenoxy) is 1. The van der Waals surface area contributed by atoms with Gasteiger partial charge < -0.3 is 24.8 Å². The summed E-state index contributed by atoms with van der Waals surface area (Å²) in [6, 6.07) is 16.9. The van der Waals surface area contributed by atoms with Crippen LogP contribution in [0.25, 0.3) is 0 Å². The maximum Gasteiger partial charge on any atom is 0.322 e. The van der Waals surface area contributed by atoms with Crippen LogP contribution in [0.5, 0.6) is 5.75 Å². The van der Waals surface area contributed by atoms with Crippen LogP contribution in [-0.2, 0) is 17.9 Å². The maximum atomic E-state index is 13.6. The number of benzene rings is 2. The number of hydrogen-bond donors (Lipinski definition) is 1. The Morgan fingerprint density at radius 2 is 1.76 bits per heavy atom. The van der Waals surface area contributed by atoms with Crippen LogP contribution in [-0.4, -0.2) is 66.5 Å². The Hall–Kier alpha value is -3.43. The molecule has 37 heavy (non-hydrogen) atoms. The number of rotatable bonds is 11. The maximum absolute atomic E-state index is 13.6. The Balaban J connectivity index is 1.50. The average molecular weight is 525 g/mol. The summed E-state index contributed by atoms with van der Waals surface area (Å²) in [6.45, 7) is 3.82. The third-order valence-corrected chi connectivity index (χ3v) is 7.27. The lowest BCUT2D eigenvalue weighted by atomic mass is 10.2. The molecule has 2 heterocycles. The summed E-state index contributed by atoms with van der Waals surface area (Å²) in [5, 5.41) is 4.89. The second-order valence-electron chi connectivity index (χ2n) is 9.06. The molecule has 4 rings (SSSR count). The summed E-state index contributed by atoms with van der Waals surface area (Å²) in [5.74, 6) is 0.0626. The molecule has 1 saturated heterocycles. The highest BCUT2D eigenvalue weighted by Crippen LogP contribution is 2.23. The Labute approximate surface area is 221 Å². The number of thiophene rings is 1. The lowest BCUT2D eigenvalue weighted by Crippen LogP contribution is -2.46. The Morgan fingerprint density at radius 3 is 2.46 bits per heavy atom. The van der Waals surface area contributed by atoms with Crippen molar-refractivity contribution in [3.05, 3.63) is 82.3 Å². The van der Waals surface area contributed by atoms with E-state index in [1.54, 1.807) is 52.5 Å². The first-order valence-corrected chi connectivity index (χ1v) is 13.4. The van der Waals surface area contributed by atoms with Crippen molar-refractivity contribution in [1.82, 2.24) is 14.7 Å². The number of likely N-dealkylation sites (tertiary alicyclic amines) is 1. The minimum absolute atomic E-state index is 0.0681. The second-order valence-corrected chi connectivity index (χ2v) is 10.1. The third kappa shape index (κ3) is 7.77. The van der Waals surface area contributed by atoms with Gasteiger partial charge in [0.25, 0.3) is 0 Å². The molecule has 0 aliphatic carbocycles. The Bertz CT molecular complexity index is 1150. The number of carbonyl (C=O) groups is 2. The number of urea groups is 1. The zero-order valence-electron chi connectivity index (χ0n) is 21.1. The molecule has 1 aliphatic rings. The average Bonchev–Trinajstić information content (AvgIpc) is 3.62. The van der Waals surface area contributed by atoms with Crippen LogP contribution >= 0.6 is 11.3 Å². The van der Waals surface area contributed by atoms with E-state index in [0.717, 1.165) is 36.4 Å². The van der Waals surface area contributed by atoms with Gasteiger partial charge in [0.2, 0.25) is 5.91 Å². The summed E-state index contributed by atoms with van der Waals surface area (Å²) in [7, 11) is 1.55. The molecular formula is C28H33FN4O3S. The topological polar surface area (TPSA) is 65.1 Å². The van der Waals surface area contributed by atoms with E-state index in [1.165, 1.54) is 12.1 Å². The molecule has 3 aromatic rings. The van der Waals surface area contributed by atoms with Crippen molar-refractivity contribution in [2.45, 2.75) is 25.9 Å². The van der Waals surface area contributed by atoms with Crippen LogP contribution in [0.2, 0.25) is 0 Å². The molecule has 3 amide bonds. The molecule has 196 valence electrons. The highest BCUT2D eigenvalue weighted by Gasteiger charge is 2.24. The number of anilines is 1. The first kappa shape index (κ1) is 26.6. The predicted molar refractivity (Wildman–Crippen MR) is 144 cm³/mol. The van der Waals surface area contributed by atoms with Crippen molar-refractivity contribution in [2.24, 2.45) is 0 Å². The zero-order chi connectivity index (χ0) is 26.0. The van der Waals surface area contributed by atoms with Crippen LogP contribution in [0.1, 0.15) is 23.3 Å². The normalized spacial score (nSPS) is 13.4. The summed E-state index contributed by atoms with van der Waals surface area (Å²) < 4.78 is 18.8. The third-order valence-electron chi connectivity index (χ3n) is 6.41. The van der Waals surface area contributed by atoms with Crippen LogP contribution < -0.4 is 10.1 Å². The number of nitrogens with one attached hydrogen (secondary N) is 1. The van der Waals surface area contributed by atoms with Crippen molar-refractivity contribution < 1.29 is 18.7 Å². The first-order chi connectivity index (χ1) is 18.0. The zero-order valence-corrected chi connectivity index (χ0v) is 21.9. The number of methoxy groups -OCH3 is 1. The lowest BCUT2D eigenvalue weighted by molar-refractivity contribution is -0.133. The highest BCUT2D eigenvalue weighted by atomic mass is 32.1. The molecular weight excluding hydrogens is 491 g/mol. The van der Waals surface area contributed by atoms with Crippen molar-refractivity contribution in [1.29, 1.82) is 0 Å². The van der Waals surface area contributed by atoms with Crippen molar-refractivity contribution in [2.75, 3.05) is 45.2 Å². The predicted octanol–water partition coefficient (Wildman–Crippen LogP) is 5.05. The van der Waals surface area contributed by atoms with E-state index in [4.69, 9.17) is 4.74 Å². The van der Waals surface area contributed by atoms with Gasteiger partial charge in [-0.15, -0.1) is 11.3 Å². The van der Waals surface area contributed by atoms with Crippen LogP contribution in [0, 0.1) is 5.82 Å². The lowest BCUT2D eigenvalue weighted by Gasteiger charge is -2.29. The number of nitrogens with zero attached hydrogens (tertiary/aromatic N) is 3. The molecule has 0 bridgehead atoms. The van der Waals surface area contributed by atoms with Gasteiger partial charge in [-0.25, -0.2) is 9.18 Å². The van der Waals surface area contributed by atoms with Gasteiger partial charge in [0, 0.05) is 24.5 Å². The number of amides is 3. The number of hydrogen-bond acceptors (Lipinski definition) is 5.